The van der Waals surface area contributed by atoms with Crippen molar-refractivity contribution in [1.82, 2.24) is 14.9 Å². The second-order valence-electron chi connectivity index (χ2n) is 12.0. The number of hydrogen-bond donors (Lipinski definition) is 2. The van der Waals surface area contributed by atoms with Gasteiger partial charge in [-0.05, 0) is 99.1 Å². The molecule has 4 amide bonds. The summed E-state index contributed by atoms with van der Waals surface area (Å²) < 4.78 is 27.9. The van der Waals surface area contributed by atoms with Gasteiger partial charge < -0.3 is 10.6 Å². The number of aryl methyl sites for hydroxylation is 2. The lowest BCUT2D eigenvalue weighted by Gasteiger charge is -2.34. The summed E-state index contributed by atoms with van der Waals surface area (Å²) in [4.78, 5) is 43.1. The Balaban J connectivity index is 1.24. The average Bonchev–Trinajstić information content (AvgIpc) is 3.41. The smallest absolute Gasteiger partial charge is 0.328 e. The Labute approximate surface area is 236 Å². The Morgan fingerprint density at radius 3 is 2.20 bits per heavy atom. The normalized spacial score (nSPS) is 25.7. The van der Waals surface area contributed by atoms with E-state index in [4.69, 9.17) is 4.99 Å². The topological polar surface area (TPSA) is 128 Å². The monoisotopic (exact) mass is 569 g/mol. The van der Waals surface area contributed by atoms with Crippen molar-refractivity contribution < 1.29 is 22.8 Å². The van der Waals surface area contributed by atoms with Crippen molar-refractivity contribution in [2.24, 2.45) is 22.7 Å². The highest BCUT2D eigenvalue weighted by molar-refractivity contribution is 7.92. The molecule has 0 bridgehead atoms. The summed E-state index contributed by atoms with van der Waals surface area (Å²) in [6, 6.07) is 2.94. The molecule has 1 saturated carbocycles. The van der Waals surface area contributed by atoms with Crippen LogP contribution >= 0.6 is 0 Å². The van der Waals surface area contributed by atoms with Crippen LogP contribution in [0.3, 0.4) is 0 Å². The zero-order chi connectivity index (χ0) is 28.8. The Morgan fingerprint density at radius 2 is 1.65 bits per heavy atom. The molecule has 10 nitrogen and oxygen atoms in total. The number of benzene rings is 1. The number of amidine groups is 1. The molecule has 3 fully saturated rings. The molecule has 216 valence electrons. The lowest BCUT2D eigenvalue weighted by atomic mass is 9.76. The number of aliphatic imine (C=N–C) groups is 1. The molecule has 0 unspecified atom stereocenters. The molecular formula is C29H39N5O5S. The number of amides is 4. The highest BCUT2D eigenvalue weighted by Gasteiger charge is 2.48. The number of carbonyl (C=O) groups excluding carboxylic acids is 3. The first-order valence-corrected chi connectivity index (χ1v) is 15.7. The van der Waals surface area contributed by atoms with Crippen LogP contribution in [-0.2, 0) is 19.6 Å². The first-order valence-electron chi connectivity index (χ1n) is 14.2. The molecule has 0 aromatic heterocycles. The van der Waals surface area contributed by atoms with Gasteiger partial charge in [-0.15, -0.1) is 0 Å². The molecule has 3 heterocycles. The number of piperidine rings is 1. The fourth-order valence-electron chi connectivity index (χ4n) is 6.51. The molecule has 1 aromatic carbocycles. The summed E-state index contributed by atoms with van der Waals surface area (Å²) in [6.45, 7) is 8.57. The van der Waals surface area contributed by atoms with Crippen LogP contribution in [0.15, 0.2) is 22.5 Å². The number of nitrogens with one attached hydrogen (secondary N) is 2. The van der Waals surface area contributed by atoms with Crippen LogP contribution in [0.5, 0.6) is 0 Å². The molecule has 1 aromatic rings. The number of anilines is 1. The van der Waals surface area contributed by atoms with Crippen LogP contribution in [0.25, 0.3) is 6.08 Å². The summed E-state index contributed by atoms with van der Waals surface area (Å²) in [5.41, 5.74) is 1.79. The molecule has 3 aliphatic heterocycles. The van der Waals surface area contributed by atoms with Crippen molar-refractivity contribution in [2.75, 3.05) is 24.5 Å². The van der Waals surface area contributed by atoms with E-state index in [1.165, 1.54) is 9.71 Å². The molecular weight excluding hydrogens is 530 g/mol. The van der Waals surface area contributed by atoms with Crippen LogP contribution in [0, 0.1) is 31.6 Å². The Morgan fingerprint density at radius 1 is 1.02 bits per heavy atom. The van der Waals surface area contributed by atoms with Gasteiger partial charge in [0.05, 0.1) is 12.2 Å². The third-order valence-corrected chi connectivity index (χ3v) is 10.7. The third-order valence-electron chi connectivity index (χ3n) is 9.10. The van der Waals surface area contributed by atoms with E-state index in [0.717, 1.165) is 53.5 Å². The molecule has 0 radical (unpaired) electrons. The van der Waals surface area contributed by atoms with Crippen LogP contribution in [-0.4, -0.2) is 61.6 Å². The van der Waals surface area contributed by atoms with Crippen LogP contribution in [0.2, 0.25) is 0 Å². The largest absolute Gasteiger partial charge is 0.329 e. The van der Waals surface area contributed by atoms with Gasteiger partial charge in [-0.3, -0.25) is 14.6 Å². The molecule has 11 heteroatoms. The second kappa shape index (κ2) is 10.7. The maximum Gasteiger partial charge on any atom is 0.329 e. The maximum absolute atomic E-state index is 13.2. The summed E-state index contributed by atoms with van der Waals surface area (Å²) in [5.74, 6) is 2.04. The maximum atomic E-state index is 13.2. The molecule has 1 spiro atoms. The number of sulfonamides is 1. The Kier molecular flexibility index (Phi) is 7.64. The molecule has 2 N–H and O–H groups in total. The number of imide groups is 1. The van der Waals surface area contributed by atoms with E-state index >= 15 is 0 Å². The van der Waals surface area contributed by atoms with Gasteiger partial charge in [-0.1, -0.05) is 13.8 Å². The van der Waals surface area contributed by atoms with Crippen LogP contribution in [0.4, 0.5) is 10.5 Å². The number of nitrogens with zero attached hydrogens (tertiary/aromatic N) is 3. The van der Waals surface area contributed by atoms with E-state index in [1.807, 2.05) is 13.8 Å². The van der Waals surface area contributed by atoms with Crippen molar-refractivity contribution in [3.8, 4) is 0 Å². The van der Waals surface area contributed by atoms with E-state index in [9.17, 15) is 22.8 Å². The van der Waals surface area contributed by atoms with Gasteiger partial charge in [0.2, 0.25) is 10.0 Å². The van der Waals surface area contributed by atoms with Crippen molar-refractivity contribution in [1.29, 1.82) is 0 Å². The highest BCUT2D eigenvalue weighted by Crippen LogP contribution is 2.38. The number of rotatable bonds is 6. The van der Waals surface area contributed by atoms with Gasteiger partial charge >= 0.3 is 6.03 Å². The van der Waals surface area contributed by atoms with E-state index in [0.29, 0.717) is 30.0 Å². The van der Waals surface area contributed by atoms with Crippen LogP contribution in [0.1, 0.15) is 69.1 Å². The first kappa shape index (κ1) is 28.5. The van der Waals surface area contributed by atoms with Gasteiger partial charge in [0.1, 0.15) is 11.4 Å². The van der Waals surface area contributed by atoms with Gasteiger partial charge in [0.25, 0.3) is 11.8 Å². The number of carbonyl (C=O) groups is 3. The summed E-state index contributed by atoms with van der Waals surface area (Å²) >= 11 is 0. The standard InChI is InChI=1S/C29H39N5O5S/c1-18(2)21-5-7-22(8-6-21)26-31-27(36)29(32-26)10-12-33(13-11-29)40(38,39)14-9-24-19(3)15-23(16-20(24)4)34-25(35)17-30-28(34)37/h9,14-16,18,21-22H,5-8,10-13,17H2,1-4H3,(H,30,37)(H,31,32,36). The number of hydrogen-bond acceptors (Lipinski definition) is 6. The molecule has 2 saturated heterocycles. The van der Waals surface area contributed by atoms with Gasteiger partial charge in [0.15, 0.2) is 0 Å². The SMILES string of the molecule is Cc1cc(N2C(=O)CNC2=O)cc(C)c1C=CS(=O)(=O)N1CCC2(CC1)N=C(C1CCC(C(C)C)CC1)NC2=O. The minimum absolute atomic E-state index is 0.0401. The Bertz CT molecular complexity index is 1340. The highest BCUT2D eigenvalue weighted by atomic mass is 32.2. The fourth-order valence-corrected chi connectivity index (χ4v) is 7.68. The predicted molar refractivity (Wildman–Crippen MR) is 154 cm³/mol. The summed E-state index contributed by atoms with van der Waals surface area (Å²) in [7, 11) is -3.73. The van der Waals surface area contributed by atoms with Gasteiger partial charge in [-0.2, -0.15) is 4.31 Å². The lowest BCUT2D eigenvalue weighted by molar-refractivity contribution is -0.125. The van der Waals surface area contributed by atoms with E-state index in [2.05, 4.69) is 24.5 Å². The van der Waals surface area contributed by atoms with Crippen molar-refractivity contribution in [3.05, 3.63) is 34.2 Å². The molecule has 40 heavy (non-hydrogen) atoms. The van der Waals surface area contributed by atoms with Gasteiger partial charge in [-0.25, -0.2) is 18.1 Å². The van der Waals surface area contributed by atoms with E-state index < -0.39 is 21.6 Å². The first-order chi connectivity index (χ1) is 18.9. The zero-order valence-corrected chi connectivity index (χ0v) is 24.5. The Hall–Kier alpha value is -3.05. The van der Waals surface area contributed by atoms with Gasteiger partial charge in [0, 0.05) is 24.4 Å². The minimum atomic E-state index is -3.73. The third kappa shape index (κ3) is 5.33. The van der Waals surface area contributed by atoms with Crippen molar-refractivity contribution in [3.63, 3.8) is 0 Å². The van der Waals surface area contributed by atoms with Crippen LogP contribution < -0.4 is 15.5 Å². The summed E-state index contributed by atoms with van der Waals surface area (Å²) in [6.07, 6.45) is 6.64. The van der Waals surface area contributed by atoms with E-state index in [-0.39, 0.29) is 37.4 Å². The predicted octanol–water partition coefficient (Wildman–Crippen LogP) is 3.49. The van der Waals surface area contributed by atoms with E-state index in [1.54, 1.807) is 18.2 Å². The summed E-state index contributed by atoms with van der Waals surface area (Å²) in [5, 5.41) is 6.75. The quantitative estimate of drug-likeness (QED) is 0.507. The second-order valence-corrected chi connectivity index (χ2v) is 13.8. The minimum Gasteiger partial charge on any atom is -0.328 e. The molecule has 5 rings (SSSR count). The lowest BCUT2D eigenvalue weighted by Crippen LogP contribution is -2.50. The van der Waals surface area contributed by atoms with Crippen molar-refractivity contribution >= 4 is 45.5 Å². The molecule has 1 aliphatic carbocycles. The average molecular weight is 570 g/mol. The molecule has 4 aliphatic rings. The zero-order valence-electron chi connectivity index (χ0n) is 23.7. The molecule has 0 atom stereocenters. The fraction of sp³-hybridized carbons (Fsp3) is 0.586. The van der Waals surface area contributed by atoms with Crippen molar-refractivity contribution in [2.45, 2.75) is 71.8 Å². The number of urea groups is 1.